The Morgan fingerprint density at radius 2 is 1.83 bits per heavy atom. The minimum Gasteiger partial charge on any atom is -0.295 e. The molecule has 0 radical (unpaired) electrons. The number of hydrogen-bond donors (Lipinski definition) is 1. The van der Waals surface area contributed by atoms with E-state index in [-0.39, 0.29) is 5.69 Å². The minimum absolute atomic E-state index is 0.227. The number of nitrogens with one attached hydrogen (secondary N) is 1. The van der Waals surface area contributed by atoms with Crippen LogP contribution in [-0.2, 0) is 6.42 Å². The third kappa shape index (κ3) is 4.45. The van der Waals surface area contributed by atoms with E-state index >= 15 is 0 Å². The molecule has 0 spiro atoms. The standard InChI is InChI=1S/C21H16ClN5O2S/c1-13-11-17(28)19(26-27(13)16-9-7-15(22)8-10-16)20(29)23-21-25-24-18(30-21)12-14-5-3-2-4-6-14/h2-11H,12H2,1H3,(H,23,25,29). The Morgan fingerprint density at radius 3 is 2.57 bits per heavy atom. The first kappa shape index (κ1) is 19.9. The van der Waals surface area contributed by atoms with Gasteiger partial charge in [0.1, 0.15) is 5.01 Å². The first-order valence-electron chi connectivity index (χ1n) is 9.04. The maximum atomic E-state index is 12.7. The number of hydrogen-bond acceptors (Lipinski definition) is 6. The topological polar surface area (TPSA) is 89.8 Å². The van der Waals surface area contributed by atoms with Crippen LogP contribution in [0, 0.1) is 6.92 Å². The molecule has 1 amide bonds. The molecule has 0 saturated heterocycles. The second kappa shape index (κ2) is 8.56. The van der Waals surface area contributed by atoms with Crippen molar-refractivity contribution in [2.24, 2.45) is 0 Å². The Morgan fingerprint density at radius 1 is 1.10 bits per heavy atom. The van der Waals surface area contributed by atoms with Crippen molar-refractivity contribution < 1.29 is 4.79 Å². The van der Waals surface area contributed by atoms with Crippen LogP contribution in [0.1, 0.15) is 26.8 Å². The molecular formula is C21H16ClN5O2S. The SMILES string of the molecule is Cc1cc(=O)c(C(=O)Nc2nnc(Cc3ccccc3)s2)nn1-c1ccc(Cl)cc1. The van der Waals surface area contributed by atoms with E-state index in [1.807, 2.05) is 30.3 Å². The molecule has 4 rings (SSSR count). The molecule has 0 aliphatic heterocycles. The Kier molecular flexibility index (Phi) is 5.69. The molecular weight excluding hydrogens is 422 g/mol. The molecule has 0 saturated carbocycles. The van der Waals surface area contributed by atoms with Gasteiger partial charge in [-0.15, -0.1) is 10.2 Å². The number of carbonyl (C=O) groups is 1. The lowest BCUT2D eigenvalue weighted by Crippen LogP contribution is -2.26. The second-order valence-corrected chi connectivity index (χ2v) is 8.00. The molecule has 0 aliphatic carbocycles. The summed E-state index contributed by atoms with van der Waals surface area (Å²) in [6.45, 7) is 1.74. The zero-order chi connectivity index (χ0) is 21.1. The monoisotopic (exact) mass is 437 g/mol. The van der Waals surface area contributed by atoms with Crippen LogP contribution in [0.4, 0.5) is 5.13 Å². The van der Waals surface area contributed by atoms with Crippen molar-refractivity contribution in [2.45, 2.75) is 13.3 Å². The van der Waals surface area contributed by atoms with Crippen molar-refractivity contribution >= 4 is 34.0 Å². The molecule has 1 N–H and O–H groups in total. The van der Waals surface area contributed by atoms with Crippen molar-refractivity contribution in [2.75, 3.05) is 5.32 Å². The lowest BCUT2D eigenvalue weighted by molar-refractivity contribution is 0.101. The number of anilines is 1. The first-order chi connectivity index (χ1) is 14.5. The highest BCUT2D eigenvalue weighted by Gasteiger charge is 2.17. The third-order valence-electron chi connectivity index (χ3n) is 4.28. The molecule has 2 heterocycles. The van der Waals surface area contributed by atoms with Gasteiger partial charge in [0.25, 0.3) is 5.91 Å². The highest BCUT2D eigenvalue weighted by molar-refractivity contribution is 7.15. The van der Waals surface area contributed by atoms with Crippen molar-refractivity contribution in [1.29, 1.82) is 0 Å². The van der Waals surface area contributed by atoms with Gasteiger partial charge in [-0.3, -0.25) is 14.9 Å². The number of aromatic nitrogens is 4. The van der Waals surface area contributed by atoms with E-state index < -0.39 is 11.3 Å². The van der Waals surface area contributed by atoms with Crippen molar-refractivity contribution in [3.05, 3.63) is 97.9 Å². The summed E-state index contributed by atoms with van der Waals surface area (Å²) in [5, 5.41) is 16.6. The number of nitrogens with zero attached hydrogens (tertiary/aromatic N) is 4. The Bertz CT molecular complexity index is 1250. The van der Waals surface area contributed by atoms with E-state index in [9.17, 15) is 9.59 Å². The van der Waals surface area contributed by atoms with Crippen LogP contribution >= 0.6 is 22.9 Å². The molecule has 9 heteroatoms. The summed E-state index contributed by atoms with van der Waals surface area (Å²) in [6, 6.07) is 18.2. The summed E-state index contributed by atoms with van der Waals surface area (Å²) >= 11 is 7.19. The Labute approximate surface area is 181 Å². The molecule has 4 aromatic rings. The molecule has 0 unspecified atom stereocenters. The smallest absolute Gasteiger partial charge is 0.282 e. The summed E-state index contributed by atoms with van der Waals surface area (Å²) in [6.07, 6.45) is 0.612. The van der Waals surface area contributed by atoms with Crippen LogP contribution in [0.5, 0.6) is 0 Å². The van der Waals surface area contributed by atoms with Crippen molar-refractivity contribution in [3.8, 4) is 5.69 Å². The van der Waals surface area contributed by atoms with E-state index in [4.69, 9.17) is 11.6 Å². The number of benzene rings is 2. The van der Waals surface area contributed by atoms with E-state index in [1.165, 1.54) is 22.1 Å². The highest BCUT2D eigenvalue weighted by atomic mass is 35.5. The lowest BCUT2D eigenvalue weighted by Gasteiger charge is -2.11. The summed E-state index contributed by atoms with van der Waals surface area (Å²) in [4.78, 5) is 25.0. The van der Waals surface area contributed by atoms with Gasteiger partial charge in [-0.25, -0.2) is 4.68 Å². The van der Waals surface area contributed by atoms with Gasteiger partial charge in [-0.2, -0.15) is 5.10 Å². The van der Waals surface area contributed by atoms with E-state index in [2.05, 4.69) is 20.6 Å². The number of rotatable bonds is 5. The molecule has 0 aliphatic rings. The molecule has 2 aromatic heterocycles. The van der Waals surface area contributed by atoms with Crippen LogP contribution < -0.4 is 10.7 Å². The molecule has 7 nitrogen and oxygen atoms in total. The molecule has 0 bridgehead atoms. The van der Waals surface area contributed by atoms with Crippen molar-refractivity contribution in [3.63, 3.8) is 0 Å². The molecule has 30 heavy (non-hydrogen) atoms. The van der Waals surface area contributed by atoms with Gasteiger partial charge in [-0.1, -0.05) is 53.3 Å². The van der Waals surface area contributed by atoms with Crippen LogP contribution in [0.2, 0.25) is 5.02 Å². The predicted octanol–water partition coefficient (Wildman–Crippen LogP) is 3.89. The van der Waals surface area contributed by atoms with Crippen LogP contribution in [0.25, 0.3) is 5.69 Å². The molecule has 150 valence electrons. The quantitative estimate of drug-likeness (QED) is 0.511. The number of halogens is 1. The molecule has 2 aromatic carbocycles. The van der Waals surface area contributed by atoms with Crippen molar-refractivity contribution in [1.82, 2.24) is 20.0 Å². The van der Waals surface area contributed by atoms with Crippen LogP contribution in [0.3, 0.4) is 0 Å². The predicted molar refractivity (Wildman–Crippen MR) is 117 cm³/mol. The van der Waals surface area contributed by atoms with Crippen LogP contribution in [0.15, 0.2) is 65.5 Å². The summed E-state index contributed by atoms with van der Waals surface area (Å²) in [7, 11) is 0. The van der Waals surface area contributed by atoms with Gasteiger partial charge in [0.2, 0.25) is 10.6 Å². The zero-order valence-electron chi connectivity index (χ0n) is 15.9. The summed E-state index contributed by atoms with van der Waals surface area (Å²) < 4.78 is 1.52. The fraction of sp³-hybridized carbons (Fsp3) is 0.0952. The number of amides is 1. The Hall–Kier alpha value is -3.36. The van der Waals surface area contributed by atoms with E-state index in [0.29, 0.717) is 28.0 Å². The second-order valence-electron chi connectivity index (χ2n) is 6.50. The van der Waals surface area contributed by atoms with Gasteiger partial charge in [0.05, 0.1) is 5.69 Å². The largest absolute Gasteiger partial charge is 0.295 e. The average Bonchev–Trinajstić information content (AvgIpc) is 3.16. The summed E-state index contributed by atoms with van der Waals surface area (Å²) in [5.74, 6) is -0.634. The number of carbonyl (C=O) groups excluding carboxylic acids is 1. The maximum absolute atomic E-state index is 12.7. The zero-order valence-corrected chi connectivity index (χ0v) is 17.4. The summed E-state index contributed by atoms with van der Waals surface area (Å²) in [5.41, 5.74) is 1.68. The van der Waals surface area contributed by atoms with Gasteiger partial charge >= 0.3 is 0 Å². The van der Waals surface area contributed by atoms with Gasteiger partial charge in [0.15, 0.2) is 5.69 Å². The Balaban J connectivity index is 1.56. The fourth-order valence-electron chi connectivity index (χ4n) is 2.85. The fourth-order valence-corrected chi connectivity index (χ4v) is 3.75. The first-order valence-corrected chi connectivity index (χ1v) is 10.2. The van der Waals surface area contributed by atoms with E-state index in [1.54, 1.807) is 31.2 Å². The van der Waals surface area contributed by atoms with Gasteiger partial charge in [0, 0.05) is 23.2 Å². The highest BCUT2D eigenvalue weighted by Crippen LogP contribution is 2.19. The normalized spacial score (nSPS) is 10.7. The van der Waals surface area contributed by atoms with Crippen LogP contribution in [-0.4, -0.2) is 25.9 Å². The van der Waals surface area contributed by atoms with Gasteiger partial charge < -0.3 is 0 Å². The molecule has 0 fully saturated rings. The molecule has 0 atom stereocenters. The number of aryl methyl sites for hydroxylation is 1. The minimum atomic E-state index is -0.634. The maximum Gasteiger partial charge on any atom is 0.282 e. The average molecular weight is 438 g/mol. The third-order valence-corrected chi connectivity index (χ3v) is 5.37. The lowest BCUT2D eigenvalue weighted by atomic mass is 10.2. The van der Waals surface area contributed by atoms with Gasteiger partial charge in [-0.05, 0) is 36.8 Å². The van der Waals surface area contributed by atoms with E-state index in [0.717, 1.165) is 10.6 Å².